The van der Waals surface area contributed by atoms with Gasteiger partial charge < -0.3 is 24.4 Å². The van der Waals surface area contributed by atoms with Crippen molar-refractivity contribution in [2.45, 2.75) is 58.9 Å². The van der Waals surface area contributed by atoms with Crippen LogP contribution in [0.5, 0.6) is 5.75 Å². The maximum Gasteiger partial charge on any atom is 0.410 e. The predicted octanol–water partition coefficient (Wildman–Crippen LogP) is 3.81. The summed E-state index contributed by atoms with van der Waals surface area (Å²) in [5.74, 6) is -1.88. The molecule has 2 rings (SSSR count). The summed E-state index contributed by atoms with van der Waals surface area (Å²) in [6.45, 7) is 4.36. The highest BCUT2D eigenvalue weighted by Crippen LogP contribution is 2.26. The summed E-state index contributed by atoms with van der Waals surface area (Å²) in [6.07, 6.45) is -0.803. The van der Waals surface area contributed by atoms with Gasteiger partial charge in [-0.25, -0.2) is 4.79 Å². The Morgan fingerprint density at radius 1 is 1.13 bits per heavy atom. The standard InChI is InChI=1S/C21H28F2N2O6/c1-13(17(26)24-15-7-5-6-8-16(15)30-19(22)23)29-18(27)14-9-11-25(12-10-14)20(28)31-21(2,3)4/h5-8,13-14,19H,9-12H2,1-4H3,(H,24,26). The zero-order valence-electron chi connectivity index (χ0n) is 18.0. The lowest BCUT2D eigenvalue weighted by molar-refractivity contribution is -0.158. The molecule has 1 aliphatic rings. The van der Waals surface area contributed by atoms with Crippen LogP contribution < -0.4 is 10.1 Å². The molecule has 0 aromatic heterocycles. The normalized spacial score (nSPS) is 15.9. The van der Waals surface area contributed by atoms with Crippen molar-refractivity contribution in [3.05, 3.63) is 24.3 Å². The zero-order valence-corrected chi connectivity index (χ0v) is 18.0. The number of amides is 2. The van der Waals surface area contributed by atoms with E-state index in [9.17, 15) is 23.2 Å². The summed E-state index contributed by atoms with van der Waals surface area (Å²) < 4.78 is 39.9. The van der Waals surface area contributed by atoms with Gasteiger partial charge in [-0.1, -0.05) is 12.1 Å². The number of hydrogen-bond donors (Lipinski definition) is 1. The summed E-state index contributed by atoms with van der Waals surface area (Å²) in [7, 11) is 0. The number of alkyl halides is 2. The van der Waals surface area contributed by atoms with E-state index >= 15 is 0 Å². The third-order valence-electron chi connectivity index (χ3n) is 4.50. The maximum atomic E-state index is 12.5. The Kier molecular flexibility index (Phi) is 8.18. The number of esters is 1. The molecule has 1 aromatic rings. The van der Waals surface area contributed by atoms with E-state index in [1.807, 2.05) is 0 Å². The number of benzene rings is 1. The van der Waals surface area contributed by atoms with E-state index in [0.29, 0.717) is 25.9 Å². The smallest absolute Gasteiger partial charge is 0.410 e. The Morgan fingerprint density at radius 2 is 1.74 bits per heavy atom. The average molecular weight is 442 g/mol. The minimum atomic E-state index is -3.04. The van der Waals surface area contributed by atoms with Gasteiger partial charge in [0, 0.05) is 13.1 Å². The van der Waals surface area contributed by atoms with Crippen molar-refractivity contribution in [1.29, 1.82) is 0 Å². The van der Waals surface area contributed by atoms with Crippen LogP contribution in [0.2, 0.25) is 0 Å². The van der Waals surface area contributed by atoms with Crippen molar-refractivity contribution < 1.29 is 37.4 Å². The van der Waals surface area contributed by atoms with Crippen molar-refractivity contribution in [3.8, 4) is 5.75 Å². The fourth-order valence-electron chi connectivity index (χ4n) is 2.95. The number of ether oxygens (including phenoxy) is 3. The van der Waals surface area contributed by atoms with E-state index in [4.69, 9.17) is 9.47 Å². The Bertz CT molecular complexity index is 788. The van der Waals surface area contributed by atoms with Gasteiger partial charge in [0.05, 0.1) is 11.6 Å². The number of nitrogens with one attached hydrogen (secondary N) is 1. The van der Waals surface area contributed by atoms with Crippen LogP contribution in [0.15, 0.2) is 24.3 Å². The monoisotopic (exact) mass is 442 g/mol. The number of carbonyl (C=O) groups excluding carboxylic acids is 3. The first kappa shape index (κ1) is 24.4. The Labute approximate surface area is 179 Å². The van der Waals surface area contributed by atoms with Crippen LogP contribution in [0.25, 0.3) is 0 Å². The summed E-state index contributed by atoms with van der Waals surface area (Å²) in [5, 5.41) is 2.42. The third-order valence-corrected chi connectivity index (χ3v) is 4.50. The molecule has 0 saturated carbocycles. The van der Waals surface area contributed by atoms with Gasteiger partial charge >= 0.3 is 18.7 Å². The van der Waals surface area contributed by atoms with Crippen LogP contribution in [0.4, 0.5) is 19.3 Å². The highest BCUT2D eigenvalue weighted by molar-refractivity contribution is 5.96. The fraction of sp³-hybridized carbons (Fsp3) is 0.571. The van der Waals surface area contributed by atoms with Crippen LogP contribution in [0.3, 0.4) is 0 Å². The predicted molar refractivity (Wildman–Crippen MR) is 108 cm³/mol. The molecule has 1 heterocycles. The van der Waals surface area contributed by atoms with Crippen molar-refractivity contribution in [1.82, 2.24) is 4.90 Å². The molecule has 10 heteroatoms. The largest absolute Gasteiger partial charge is 0.452 e. The lowest BCUT2D eigenvalue weighted by atomic mass is 9.97. The SMILES string of the molecule is CC(OC(=O)C1CCN(C(=O)OC(C)(C)C)CC1)C(=O)Nc1ccccc1OC(F)F. The van der Waals surface area contributed by atoms with Crippen molar-refractivity contribution in [2.75, 3.05) is 18.4 Å². The van der Waals surface area contributed by atoms with Gasteiger partial charge in [0.25, 0.3) is 5.91 Å². The minimum absolute atomic E-state index is 0.0429. The second kappa shape index (κ2) is 10.4. The lowest BCUT2D eigenvalue weighted by Crippen LogP contribution is -2.43. The summed E-state index contributed by atoms with van der Waals surface area (Å²) in [6, 6.07) is 5.72. The van der Waals surface area contributed by atoms with Crippen LogP contribution in [0.1, 0.15) is 40.5 Å². The second-order valence-corrected chi connectivity index (χ2v) is 8.18. The third kappa shape index (κ3) is 7.69. The number of rotatable bonds is 6. The van der Waals surface area contributed by atoms with E-state index < -0.39 is 42.2 Å². The van der Waals surface area contributed by atoms with E-state index in [1.54, 1.807) is 26.8 Å². The van der Waals surface area contributed by atoms with Gasteiger partial charge in [0.1, 0.15) is 11.4 Å². The number of likely N-dealkylation sites (tertiary alicyclic amines) is 1. The molecular weight excluding hydrogens is 414 g/mol. The van der Waals surface area contributed by atoms with Crippen molar-refractivity contribution >= 4 is 23.7 Å². The molecular formula is C21H28F2N2O6. The van der Waals surface area contributed by atoms with Gasteiger partial charge in [0.2, 0.25) is 0 Å². The summed E-state index contributed by atoms with van der Waals surface area (Å²) in [4.78, 5) is 38.4. The number of piperidine rings is 1. The van der Waals surface area contributed by atoms with Gasteiger partial charge in [-0.15, -0.1) is 0 Å². The van der Waals surface area contributed by atoms with Gasteiger partial charge in [-0.05, 0) is 52.7 Å². The molecule has 172 valence electrons. The first-order valence-corrected chi connectivity index (χ1v) is 9.99. The first-order chi connectivity index (χ1) is 14.5. The molecule has 0 spiro atoms. The molecule has 1 aliphatic heterocycles. The minimum Gasteiger partial charge on any atom is -0.452 e. The molecule has 31 heavy (non-hydrogen) atoms. The zero-order chi connectivity index (χ0) is 23.2. The van der Waals surface area contributed by atoms with Gasteiger partial charge in [-0.2, -0.15) is 8.78 Å². The Hall–Kier alpha value is -2.91. The highest BCUT2D eigenvalue weighted by Gasteiger charge is 2.32. The average Bonchev–Trinajstić information content (AvgIpc) is 2.67. The molecule has 1 atom stereocenters. The quantitative estimate of drug-likeness (QED) is 0.674. The molecule has 1 aromatic carbocycles. The van der Waals surface area contributed by atoms with Crippen LogP contribution in [-0.4, -0.2) is 54.3 Å². The van der Waals surface area contributed by atoms with E-state index in [0.717, 1.165) is 0 Å². The van der Waals surface area contributed by atoms with Gasteiger partial charge in [-0.3, -0.25) is 9.59 Å². The molecule has 0 radical (unpaired) electrons. The molecule has 2 amide bonds. The number of hydrogen-bond acceptors (Lipinski definition) is 6. The number of nitrogens with zero attached hydrogens (tertiary/aromatic N) is 1. The first-order valence-electron chi connectivity index (χ1n) is 9.99. The molecule has 1 N–H and O–H groups in total. The van der Waals surface area contributed by atoms with Crippen molar-refractivity contribution in [2.24, 2.45) is 5.92 Å². The van der Waals surface area contributed by atoms with Crippen LogP contribution in [-0.2, 0) is 19.1 Å². The molecule has 8 nitrogen and oxygen atoms in total. The van der Waals surface area contributed by atoms with Crippen molar-refractivity contribution in [3.63, 3.8) is 0 Å². The molecule has 0 bridgehead atoms. The lowest BCUT2D eigenvalue weighted by Gasteiger charge is -2.32. The molecule has 0 aliphatic carbocycles. The maximum absolute atomic E-state index is 12.5. The van der Waals surface area contributed by atoms with E-state index in [2.05, 4.69) is 10.1 Å². The summed E-state index contributed by atoms with van der Waals surface area (Å²) in [5.41, 5.74) is -0.560. The Balaban J connectivity index is 1.85. The second-order valence-electron chi connectivity index (χ2n) is 8.18. The van der Waals surface area contributed by atoms with E-state index in [1.165, 1.54) is 30.0 Å². The van der Waals surface area contributed by atoms with Gasteiger partial charge in [0.15, 0.2) is 6.10 Å². The van der Waals surface area contributed by atoms with Crippen LogP contribution in [0, 0.1) is 5.92 Å². The van der Waals surface area contributed by atoms with Crippen LogP contribution >= 0.6 is 0 Å². The number of carbonyl (C=O) groups is 3. The number of anilines is 1. The fourth-order valence-corrected chi connectivity index (χ4v) is 2.95. The van der Waals surface area contributed by atoms with E-state index in [-0.39, 0.29) is 11.4 Å². The topological polar surface area (TPSA) is 94.2 Å². The highest BCUT2D eigenvalue weighted by atomic mass is 19.3. The molecule has 1 saturated heterocycles. The number of halogens is 2. The molecule has 1 fully saturated rings. The molecule has 1 unspecified atom stereocenters. The number of para-hydroxylation sites is 2. The Morgan fingerprint density at radius 3 is 2.32 bits per heavy atom. The summed E-state index contributed by atoms with van der Waals surface area (Å²) >= 11 is 0.